The normalized spacial score (nSPS) is 11.6. The number of methoxy groups -OCH3 is 1. The summed E-state index contributed by atoms with van der Waals surface area (Å²) in [7, 11) is 1.62. The van der Waals surface area contributed by atoms with Gasteiger partial charge in [0, 0.05) is 11.4 Å². The molecule has 0 aliphatic carbocycles. The number of ether oxygens (including phenoxy) is 1. The first kappa shape index (κ1) is 29.6. The summed E-state index contributed by atoms with van der Waals surface area (Å²) in [6.07, 6.45) is 0. The number of anilines is 3. The molecule has 0 bridgehead atoms. The highest BCUT2D eigenvalue weighted by atomic mass is 16.5. The van der Waals surface area contributed by atoms with E-state index in [9.17, 15) is 4.79 Å². The third-order valence-corrected chi connectivity index (χ3v) is 8.53. The molecule has 0 N–H and O–H groups in total. The van der Waals surface area contributed by atoms with Gasteiger partial charge in [-0.25, -0.2) is 0 Å². The van der Waals surface area contributed by atoms with Crippen molar-refractivity contribution in [2.45, 2.75) is 41.5 Å². The smallest absolute Gasteiger partial charge is 0.163 e. The van der Waals surface area contributed by atoms with Crippen LogP contribution in [0.2, 0.25) is 0 Å². The van der Waals surface area contributed by atoms with E-state index in [1.54, 1.807) is 14.0 Å². The lowest BCUT2D eigenvalue weighted by Crippen LogP contribution is -2.16. The average Bonchev–Trinajstić information content (AvgIpc) is 3.04. The lowest BCUT2D eigenvalue weighted by molar-refractivity contribution is -0.111. The third kappa shape index (κ3) is 5.76. The molecule has 0 unspecified atom stereocenters. The molecule has 0 aliphatic heterocycles. The fourth-order valence-electron chi connectivity index (χ4n) is 5.98. The Labute approximate surface area is 256 Å². The van der Waals surface area contributed by atoms with Crippen LogP contribution in [-0.4, -0.2) is 12.9 Å². The first-order chi connectivity index (χ1) is 20.7. The number of nitrogens with zero attached hydrogens (tertiary/aromatic N) is 1. The lowest BCUT2D eigenvalue weighted by atomic mass is 9.85. The molecule has 0 atom stereocenters. The second kappa shape index (κ2) is 12.5. The van der Waals surface area contributed by atoms with E-state index in [-0.39, 0.29) is 5.78 Å². The van der Waals surface area contributed by atoms with Crippen LogP contribution in [0, 0.1) is 27.7 Å². The van der Waals surface area contributed by atoms with Crippen molar-refractivity contribution in [1.82, 2.24) is 0 Å². The highest BCUT2D eigenvalue weighted by Crippen LogP contribution is 2.44. The molecular formula is C40H39NO2. The van der Waals surface area contributed by atoms with E-state index in [2.05, 4.69) is 130 Å². The maximum absolute atomic E-state index is 12.9. The molecule has 0 fully saturated rings. The third-order valence-electron chi connectivity index (χ3n) is 8.53. The largest absolute Gasteiger partial charge is 0.501 e. The van der Waals surface area contributed by atoms with Crippen LogP contribution in [0.3, 0.4) is 0 Å². The topological polar surface area (TPSA) is 29.5 Å². The van der Waals surface area contributed by atoms with Gasteiger partial charge < -0.3 is 9.64 Å². The fourth-order valence-corrected chi connectivity index (χ4v) is 5.98. The summed E-state index contributed by atoms with van der Waals surface area (Å²) < 4.78 is 5.58. The summed E-state index contributed by atoms with van der Waals surface area (Å²) in [5.74, 6) is 0.636. The highest BCUT2D eigenvalue weighted by molar-refractivity contribution is 6.21. The summed E-state index contributed by atoms with van der Waals surface area (Å²) in [6.45, 7) is 12.0. The predicted octanol–water partition coefficient (Wildman–Crippen LogP) is 10.7. The van der Waals surface area contributed by atoms with Crippen molar-refractivity contribution < 1.29 is 9.53 Å². The number of carbonyl (C=O) groups is 1. The van der Waals surface area contributed by atoms with Crippen LogP contribution in [0.5, 0.6) is 0 Å². The van der Waals surface area contributed by atoms with Gasteiger partial charge in [0.15, 0.2) is 5.78 Å². The Bertz CT molecular complexity index is 1670. The number of allylic oxidation sites excluding steroid dienone is 2. The van der Waals surface area contributed by atoms with Crippen LogP contribution in [0.4, 0.5) is 17.1 Å². The molecule has 0 aliphatic rings. The van der Waals surface area contributed by atoms with Crippen molar-refractivity contribution in [3.05, 3.63) is 143 Å². The molecule has 0 amide bonds. The number of Topliss-reactive ketones (excluding diaryl/α,β-unsaturated/α-hetero) is 1. The summed E-state index contributed by atoms with van der Waals surface area (Å²) in [5.41, 5.74) is 14.0. The predicted molar refractivity (Wildman–Crippen MR) is 181 cm³/mol. The minimum absolute atomic E-state index is 0.00181. The number of rotatable bonds is 8. The van der Waals surface area contributed by atoms with Gasteiger partial charge >= 0.3 is 0 Å². The molecule has 0 heterocycles. The molecule has 5 aromatic carbocycles. The van der Waals surface area contributed by atoms with Crippen LogP contribution < -0.4 is 4.90 Å². The van der Waals surface area contributed by atoms with Gasteiger partial charge in [-0.2, -0.15) is 0 Å². The van der Waals surface area contributed by atoms with Crippen molar-refractivity contribution in [3.8, 4) is 22.3 Å². The molecule has 5 rings (SSSR count). The van der Waals surface area contributed by atoms with Crippen molar-refractivity contribution in [1.29, 1.82) is 0 Å². The average molecular weight is 566 g/mol. The first-order valence-electron chi connectivity index (χ1n) is 14.7. The quantitative estimate of drug-likeness (QED) is 0.138. The van der Waals surface area contributed by atoms with Crippen LogP contribution >= 0.6 is 0 Å². The minimum Gasteiger partial charge on any atom is -0.501 e. The number of ketones is 1. The van der Waals surface area contributed by atoms with Gasteiger partial charge in [-0.1, -0.05) is 84.9 Å². The molecule has 5 aromatic rings. The zero-order valence-electron chi connectivity index (χ0n) is 26.2. The Morgan fingerprint density at radius 3 is 1.26 bits per heavy atom. The van der Waals surface area contributed by atoms with Gasteiger partial charge in [-0.15, -0.1) is 0 Å². The number of hydrogen-bond acceptors (Lipinski definition) is 3. The van der Waals surface area contributed by atoms with Crippen molar-refractivity contribution in [2.75, 3.05) is 12.0 Å². The van der Waals surface area contributed by atoms with Crippen LogP contribution in [0.25, 0.3) is 27.8 Å². The zero-order valence-corrected chi connectivity index (χ0v) is 26.2. The molecule has 216 valence electrons. The zero-order chi connectivity index (χ0) is 30.7. The molecule has 3 nitrogen and oxygen atoms in total. The van der Waals surface area contributed by atoms with Crippen LogP contribution in [-0.2, 0) is 9.53 Å². The summed E-state index contributed by atoms with van der Waals surface area (Å²) in [4.78, 5) is 15.2. The van der Waals surface area contributed by atoms with Gasteiger partial charge in [0.1, 0.15) is 5.76 Å². The van der Waals surface area contributed by atoms with Crippen molar-refractivity contribution in [3.63, 3.8) is 0 Å². The number of hydrogen-bond donors (Lipinski definition) is 0. The van der Waals surface area contributed by atoms with E-state index in [1.807, 2.05) is 19.1 Å². The van der Waals surface area contributed by atoms with E-state index in [1.165, 1.54) is 22.3 Å². The summed E-state index contributed by atoms with van der Waals surface area (Å²) >= 11 is 0. The van der Waals surface area contributed by atoms with E-state index in [0.717, 1.165) is 44.9 Å². The Balaban J connectivity index is 1.71. The van der Waals surface area contributed by atoms with Crippen molar-refractivity contribution >= 4 is 28.4 Å². The molecule has 43 heavy (non-hydrogen) atoms. The highest BCUT2D eigenvalue weighted by Gasteiger charge is 2.26. The fraction of sp³-hybridized carbons (Fsp3) is 0.175. The minimum atomic E-state index is 0.00181. The standard InChI is InChI=1S/C40H39NO2/c1-26-28(3)40(29(4)27(2)38(26)39(30(5)42)31(6)43-7)41(36-22-18-34(19-23-36)32-14-10-8-11-15-32)37-24-20-35(21-25-37)33-16-12-9-13-17-33/h8-25H,1-7H3/b39-31+. The van der Waals surface area contributed by atoms with E-state index >= 15 is 0 Å². The Hall–Kier alpha value is -4.89. The maximum atomic E-state index is 12.9. The van der Waals surface area contributed by atoms with Crippen LogP contribution in [0.1, 0.15) is 41.7 Å². The second-order valence-electron chi connectivity index (χ2n) is 11.1. The molecule has 3 heteroatoms. The Morgan fingerprint density at radius 1 is 0.535 bits per heavy atom. The number of benzene rings is 5. The van der Waals surface area contributed by atoms with E-state index in [0.29, 0.717) is 11.3 Å². The Morgan fingerprint density at radius 2 is 0.907 bits per heavy atom. The van der Waals surface area contributed by atoms with Gasteiger partial charge in [0.05, 0.1) is 18.4 Å². The second-order valence-corrected chi connectivity index (χ2v) is 11.1. The van der Waals surface area contributed by atoms with E-state index in [4.69, 9.17) is 4.74 Å². The monoisotopic (exact) mass is 565 g/mol. The SMILES string of the molecule is CO/C(C)=C(\C(C)=O)c1c(C)c(C)c(N(c2ccc(-c3ccccc3)cc2)c2ccc(-c3ccccc3)cc2)c(C)c1C. The van der Waals surface area contributed by atoms with E-state index < -0.39 is 0 Å². The van der Waals surface area contributed by atoms with Gasteiger partial charge in [0.25, 0.3) is 0 Å². The maximum Gasteiger partial charge on any atom is 0.163 e. The molecule has 0 spiro atoms. The lowest BCUT2D eigenvalue weighted by Gasteiger charge is -2.32. The van der Waals surface area contributed by atoms with Gasteiger partial charge in [-0.3, -0.25) is 4.79 Å². The summed E-state index contributed by atoms with van der Waals surface area (Å²) in [5, 5.41) is 0. The molecule has 0 saturated heterocycles. The molecule has 0 saturated carbocycles. The molecule has 0 aromatic heterocycles. The van der Waals surface area contributed by atoms with Gasteiger partial charge in [-0.05, 0) is 116 Å². The molecule has 0 radical (unpaired) electrons. The first-order valence-corrected chi connectivity index (χ1v) is 14.7. The summed E-state index contributed by atoms with van der Waals surface area (Å²) in [6, 6.07) is 38.4. The Kier molecular flexibility index (Phi) is 8.63. The van der Waals surface area contributed by atoms with Crippen molar-refractivity contribution in [2.24, 2.45) is 0 Å². The molecular weight excluding hydrogens is 526 g/mol. The van der Waals surface area contributed by atoms with Gasteiger partial charge in [0.2, 0.25) is 0 Å². The number of carbonyl (C=O) groups excluding carboxylic acids is 1. The van der Waals surface area contributed by atoms with Crippen LogP contribution in [0.15, 0.2) is 115 Å².